The molecule has 0 amide bonds. The molecule has 1 heterocycles. The summed E-state index contributed by atoms with van der Waals surface area (Å²) in [4.78, 5) is 5.33. The zero-order valence-corrected chi connectivity index (χ0v) is 25.8. The van der Waals surface area contributed by atoms with Crippen molar-refractivity contribution < 1.29 is 0 Å². The second kappa shape index (κ2) is 11.3. The fraction of sp³-hybridized carbons (Fsp3) is 0.158. The molecule has 1 aliphatic heterocycles. The van der Waals surface area contributed by atoms with Gasteiger partial charge in [-0.3, -0.25) is 0 Å². The molecule has 0 radical (unpaired) electrons. The lowest BCUT2D eigenvalue weighted by Gasteiger charge is -2.42. The number of fused-ring (bicyclic) bond motifs is 4. The van der Waals surface area contributed by atoms with Gasteiger partial charge >= 0.3 is 0 Å². The van der Waals surface area contributed by atoms with E-state index in [0.29, 0.717) is 0 Å². The fourth-order valence-corrected chi connectivity index (χ4v) is 8.98. The van der Waals surface area contributed by atoms with E-state index < -0.39 is 5.41 Å². The minimum Gasteiger partial charge on any atom is -0.126 e. The zero-order valence-electron chi connectivity index (χ0n) is 23.4. The highest BCUT2D eigenvalue weighted by atomic mass is 32.2. The molecule has 0 unspecified atom stereocenters. The van der Waals surface area contributed by atoms with E-state index in [1.54, 1.807) is 0 Å². The first-order valence-electron chi connectivity index (χ1n) is 14.4. The van der Waals surface area contributed by atoms with Gasteiger partial charge in [-0.1, -0.05) is 98.4 Å². The van der Waals surface area contributed by atoms with Crippen LogP contribution in [0.3, 0.4) is 0 Å². The average Bonchev–Trinajstić information content (AvgIpc) is 3.02. The minimum absolute atomic E-state index is 0.423. The standard InChI is InChI=1S/C38H32S3/c1-3-21-40-33-20-16-27-23-31(18-14-29(27)25-33)38(30-17-13-28-24-32(39-4-2)19-15-26(28)22-30)34-9-5-7-11-36(34)41-37-12-8-6-10-35(37)38/h5-20,22-25H,3-4,21H2,1-2H3. The Morgan fingerprint density at radius 3 is 1.56 bits per heavy atom. The fourth-order valence-electron chi connectivity index (χ4n) is 6.26. The number of rotatable bonds is 7. The molecule has 0 atom stereocenters. The first kappa shape index (κ1) is 26.8. The van der Waals surface area contributed by atoms with Crippen molar-refractivity contribution in [3.8, 4) is 0 Å². The van der Waals surface area contributed by atoms with Crippen molar-refractivity contribution in [1.82, 2.24) is 0 Å². The zero-order chi connectivity index (χ0) is 27.8. The number of hydrogen-bond acceptors (Lipinski definition) is 3. The molecule has 0 fully saturated rings. The van der Waals surface area contributed by atoms with E-state index in [4.69, 9.17) is 0 Å². The second-order valence-corrected chi connectivity index (χ2v) is 14.2. The summed E-state index contributed by atoms with van der Waals surface area (Å²) >= 11 is 5.74. The molecule has 202 valence electrons. The summed E-state index contributed by atoms with van der Waals surface area (Å²) in [5.41, 5.74) is 4.92. The molecule has 0 aliphatic carbocycles. The molecule has 3 heteroatoms. The van der Waals surface area contributed by atoms with Crippen LogP contribution >= 0.6 is 35.3 Å². The van der Waals surface area contributed by atoms with Crippen molar-refractivity contribution >= 4 is 56.8 Å². The van der Waals surface area contributed by atoms with Crippen molar-refractivity contribution in [2.75, 3.05) is 11.5 Å². The van der Waals surface area contributed by atoms with Crippen LogP contribution in [0.4, 0.5) is 0 Å². The highest BCUT2D eigenvalue weighted by Crippen LogP contribution is 2.56. The summed E-state index contributed by atoms with van der Waals surface area (Å²) in [5, 5.41) is 5.17. The normalized spacial score (nSPS) is 13.7. The molecule has 0 saturated heterocycles. The summed E-state index contributed by atoms with van der Waals surface area (Å²) in [5.74, 6) is 2.23. The van der Waals surface area contributed by atoms with Gasteiger partial charge in [0.1, 0.15) is 0 Å². The molecule has 41 heavy (non-hydrogen) atoms. The van der Waals surface area contributed by atoms with Crippen molar-refractivity contribution in [1.29, 1.82) is 0 Å². The Morgan fingerprint density at radius 1 is 0.537 bits per heavy atom. The maximum atomic E-state index is 2.44. The molecule has 1 aliphatic rings. The van der Waals surface area contributed by atoms with Gasteiger partial charge in [-0.25, -0.2) is 0 Å². The van der Waals surface area contributed by atoms with Crippen molar-refractivity contribution in [3.05, 3.63) is 144 Å². The van der Waals surface area contributed by atoms with Crippen LogP contribution < -0.4 is 0 Å². The quantitative estimate of drug-likeness (QED) is 0.171. The molecule has 7 rings (SSSR count). The van der Waals surface area contributed by atoms with Crippen LogP contribution in [0.25, 0.3) is 21.5 Å². The van der Waals surface area contributed by atoms with Gasteiger partial charge in [0.25, 0.3) is 0 Å². The maximum Gasteiger partial charge on any atom is 0.0723 e. The second-order valence-electron chi connectivity index (χ2n) is 10.6. The molecule has 6 aromatic rings. The third-order valence-corrected chi connectivity index (χ3v) is 11.3. The predicted octanol–water partition coefficient (Wildman–Crippen LogP) is 11.5. The van der Waals surface area contributed by atoms with Crippen LogP contribution in [0, 0.1) is 0 Å². The molecule has 0 aromatic heterocycles. The van der Waals surface area contributed by atoms with E-state index in [2.05, 4.69) is 135 Å². The molecule has 0 nitrogen and oxygen atoms in total. The average molecular weight is 585 g/mol. The Balaban J connectivity index is 1.51. The molecule has 0 N–H and O–H groups in total. The third-order valence-electron chi connectivity index (χ3n) is 8.08. The van der Waals surface area contributed by atoms with Gasteiger partial charge in [0.15, 0.2) is 0 Å². The summed E-state index contributed by atoms with van der Waals surface area (Å²) < 4.78 is 0. The van der Waals surface area contributed by atoms with Crippen LogP contribution in [0.2, 0.25) is 0 Å². The van der Waals surface area contributed by atoms with E-state index in [0.717, 1.165) is 11.5 Å². The number of benzene rings is 6. The summed E-state index contributed by atoms with van der Waals surface area (Å²) in [6.07, 6.45) is 1.19. The van der Waals surface area contributed by atoms with E-state index in [1.807, 2.05) is 35.3 Å². The first-order chi connectivity index (χ1) is 20.2. The van der Waals surface area contributed by atoms with Gasteiger partial charge in [0.05, 0.1) is 5.41 Å². The van der Waals surface area contributed by atoms with E-state index in [1.165, 1.54) is 69.8 Å². The predicted molar refractivity (Wildman–Crippen MR) is 181 cm³/mol. The van der Waals surface area contributed by atoms with Crippen LogP contribution in [-0.4, -0.2) is 11.5 Å². The molecule has 0 saturated carbocycles. The van der Waals surface area contributed by atoms with Gasteiger partial charge in [-0.05, 0) is 110 Å². The minimum atomic E-state index is -0.423. The lowest BCUT2D eigenvalue weighted by molar-refractivity contribution is 0.705. The Bertz CT molecular complexity index is 1840. The van der Waals surface area contributed by atoms with Crippen LogP contribution in [0.5, 0.6) is 0 Å². The largest absolute Gasteiger partial charge is 0.126 e. The topological polar surface area (TPSA) is 0 Å². The molecular weight excluding hydrogens is 553 g/mol. The number of thioether (sulfide) groups is 2. The van der Waals surface area contributed by atoms with Gasteiger partial charge in [-0.2, -0.15) is 0 Å². The van der Waals surface area contributed by atoms with E-state index in [9.17, 15) is 0 Å². The number of hydrogen-bond donors (Lipinski definition) is 0. The maximum absolute atomic E-state index is 2.44. The highest BCUT2D eigenvalue weighted by Gasteiger charge is 2.44. The first-order valence-corrected chi connectivity index (χ1v) is 17.2. The van der Waals surface area contributed by atoms with E-state index in [-0.39, 0.29) is 0 Å². The van der Waals surface area contributed by atoms with Crippen molar-refractivity contribution in [2.45, 2.75) is 45.3 Å². The Labute approximate surface area is 256 Å². The van der Waals surface area contributed by atoms with Crippen LogP contribution in [-0.2, 0) is 5.41 Å². The lowest BCUT2D eigenvalue weighted by Crippen LogP contribution is -2.34. The van der Waals surface area contributed by atoms with Gasteiger partial charge < -0.3 is 0 Å². The molecule has 0 spiro atoms. The van der Waals surface area contributed by atoms with Crippen molar-refractivity contribution in [2.24, 2.45) is 0 Å². The Hall–Kier alpha value is -3.11. The lowest BCUT2D eigenvalue weighted by atomic mass is 9.64. The summed E-state index contributed by atoms with van der Waals surface area (Å²) in [7, 11) is 0. The Morgan fingerprint density at radius 2 is 1.02 bits per heavy atom. The van der Waals surface area contributed by atoms with E-state index >= 15 is 0 Å². The van der Waals surface area contributed by atoms with Crippen LogP contribution in [0.1, 0.15) is 42.5 Å². The summed E-state index contributed by atoms with van der Waals surface area (Å²) in [6.45, 7) is 4.46. The summed E-state index contributed by atoms with van der Waals surface area (Å²) in [6, 6.07) is 46.2. The molecule has 0 bridgehead atoms. The van der Waals surface area contributed by atoms with Gasteiger partial charge in [0, 0.05) is 19.6 Å². The van der Waals surface area contributed by atoms with Gasteiger partial charge in [-0.15, -0.1) is 23.5 Å². The molecular formula is C38H32S3. The Kier molecular flexibility index (Phi) is 7.37. The van der Waals surface area contributed by atoms with Crippen molar-refractivity contribution in [3.63, 3.8) is 0 Å². The highest BCUT2D eigenvalue weighted by molar-refractivity contribution is 7.99. The third kappa shape index (κ3) is 4.69. The SMILES string of the molecule is CCCSc1ccc2cc(C3(c4ccc5cc(SCC)ccc5c4)c4ccccc4Sc4ccccc43)ccc2c1. The smallest absolute Gasteiger partial charge is 0.0723 e. The van der Waals surface area contributed by atoms with Crippen LogP contribution in [0.15, 0.2) is 141 Å². The van der Waals surface area contributed by atoms with Gasteiger partial charge in [0.2, 0.25) is 0 Å². The molecule has 6 aromatic carbocycles. The monoisotopic (exact) mass is 584 g/mol.